The highest BCUT2D eigenvalue weighted by Gasteiger charge is 2.42. The van der Waals surface area contributed by atoms with Crippen LogP contribution in [0.4, 0.5) is 0 Å². The van der Waals surface area contributed by atoms with Gasteiger partial charge in [-0.3, -0.25) is 14.4 Å². The summed E-state index contributed by atoms with van der Waals surface area (Å²) in [6.07, 6.45) is 1.24. The van der Waals surface area contributed by atoms with Crippen molar-refractivity contribution < 1.29 is 38.1 Å². The molecular weight excluding hydrogens is 418 g/mol. The number of rotatable bonds is 8. The van der Waals surface area contributed by atoms with Crippen LogP contribution in [0, 0.1) is 0 Å². The first-order valence-corrected chi connectivity index (χ1v) is 10.1. The van der Waals surface area contributed by atoms with E-state index in [9.17, 15) is 19.2 Å². The number of cyclic esters (lactones) is 1. The van der Waals surface area contributed by atoms with Crippen LogP contribution in [0.5, 0.6) is 0 Å². The molecule has 0 bridgehead atoms. The number of esters is 4. The van der Waals surface area contributed by atoms with Crippen molar-refractivity contribution in [1.29, 1.82) is 0 Å². The fraction of sp³-hybridized carbons (Fsp3) is 0.391. The minimum absolute atomic E-state index is 0.0663. The van der Waals surface area contributed by atoms with E-state index in [4.69, 9.17) is 18.9 Å². The number of carbonyl (C=O) groups excluding carboxylic acids is 4. The molecule has 0 N–H and O–H groups in total. The lowest BCUT2D eigenvalue weighted by molar-refractivity contribution is -0.176. The van der Waals surface area contributed by atoms with Gasteiger partial charge in [-0.1, -0.05) is 36.4 Å². The Labute approximate surface area is 185 Å². The van der Waals surface area contributed by atoms with Crippen molar-refractivity contribution in [3.8, 4) is 0 Å². The van der Waals surface area contributed by atoms with Crippen molar-refractivity contribution in [1.82, 2.24) is 4.90 Å². The number of benzene rings is 1. The first kappa shape index (κ1) is 23.1. The van der Waals surface area contributed by atoms with Crippen molar-refractivity contribution in [2.24, 2.45) is 0 Å². The maximum atomic E-state index is 12.1. The lowest BCUT2D eigenvalue weighted by atomic mass is 9.96. The monoisotopic (exact) mass is 443 g/mol. The highest BCUT2D eigenvalue weighted by molar-refractivity contribution is 5.95. The van der Waals surface area contributed by atoms with E-state index in [-0.39, 0.29) is 13.2 Å². The van der Waals surface area contributed by atoms with E-state index in [1.54, 1.807) is 12.2 Å². The van der Waals surface area contributed by atoms with Gasteiger partial charge in [0.1, 0.15) is 13.2 Å². The second-order valence-corrected chi connectivity index (χ2v) is 7.42. The lowest BCUT2D eigenvalue weighted by Crippen LogP contribution is -2.52. The number of ether oxygens (including phenoxy) is 4. The third-order valence-electron chi connectivity index (χ3n) is 5.01. The summed E-state index contributed by atoms with van der Waals surface area (Å²) in [5.74, 6) is -2.22. The predicted molar refractivity (Wildman–Crippen MR) is 111 cm³/mol. The molecule has 2 aliphatic rings. The van der Waals surface area contributed by atoms with E-state index in [1.165, 1.54) is 20.8 Å². The molecule has 170 valence electrons. The van der Waals surface area contributed by atoms with Crippen LogP contribution in [-0.4, -0.2) is 60.2 Å². The number of carbonyl (C=O) groups is 4. The number of hydrogen-bond acceptors (Lipinski definition) is 9. The Hall–Kier alpha value is -3.62. The van der Waals surface area contributed by atoms with Crippen LogP contribution in [0.25, 0.3) is 0 Å². The van der Waals surface area contributed by atoms with Crippen molar-refractivity contribution in [2.75, 3.05) is 13.2 Å². The molecule has 32 heavy (non-hydrogen) atoms. The van der Waals surface area contributed by atoms with E-state index in [0.29, 0.717) is 17.8 Å². The highest BCUT2D eigenvalue weighted by atomic mass is 16.6. The molecule has 0 radical (unpaired) electrons. The van der Waals surface area contributed by atoms with Gasteiger partial charge in [-0.2, -0.15) is 0 Å². The lowest BCUT2D eigenvalue weighted by Gasteiger charge is -2.40. The highest BCUT2D eigenvalue weighted by Crippen LogP contribution is 2.32. The normalized spacial score (nSPS) is 19.0. The standard InChI is InChI=1S/C23H25NO8/c1-14(25)29-13-21(31-15(2)26)22(32-16(3)27)19-10-9-18-20(12-30-23(18)28)24(19)11-17-7-5-4-6-8-17/h4-10,19,21-22H,11-13H2,1-3H3/t19-,21+,22-/m0/s1. The summed E-state index contributed by atoms with van der Waals surface area (Å²) < 4.78 is 21.2. The van der Waals surface area contributed by atoms with Crippen molar-refractivity contribution in [2.45, 2.75) is 45.6 Å². The van der Waals surface area contributed by atoms with Crippen LogP contribution >= 0.6 is 0 Å². The summed E-state index contributed by atoms with van der Waals surface area (Å²) in [5, 5.41) is 0. The molecule has 0 fully saturated rings. The zero-order valence-electron chi connectivity index (χ0n) is 18.1. The molecule has 9 heteroatoms. The van der Waals surface area contributed by atoms with Gasteiger partial charge in [0.05, 0.1) is 17.3 Å². The second kappa shape index (κ2) is 10.1. The quantitative estimate of drug-likeness (QED) is 0.438. The molecule has 9 nitrogen and oxygen atoms in total. The Morgan fingerprint density at radius 2 is 1.75 bits per heavy atom. The number of hydrogen-bond donors (Lipinski definition) is 0. The molecule has 1 aromatic rings. The van der Waals surface area contributed by atoms with Gasteiger partial charge in [0, 0.05) is 27.3 Å². The van der Waals surface area contributed by atoms with Gasteiger partial charge in [0.2, 0.25) is 0 Å². The van der Waals surface area contributed by atoms with Crippen molar-refractivity contribution >= 4 is 23.9 Å². The average Bonchev–Trinajstić information content (AvgIpc) is 3.11. The largest absolute Gasteiger partial charge is 0.462 e. The van der Waals surface area contributed by atoms with Gasteiger partial charge < -0.3 is 23.8 Å². The molecule has 0 aliphatic carbocycles. The molecule has 0 unspecified atom stereocenters. The Balaban J connectivity index is 1.99. The van der Waals surface area contributed by atoms with Crippen molar-refractivity contribution in [3.05, 3.63) is 59.3 Å². The Morgan fingerprint density at radius 3 is 2.38 bits per heavy atom. The molecule has 1 aromatic carbocycles. The summed E-state index contributed by atoms with van der Waals surface area (Å²) in [5.41, 5.74) is 2.00. The second-order valence-electron chi connectivity index (χ2n) is 7.42. The Bertz CT molecular complexity index is 952. The van der Waals surface area contributed by atoms with Crippen LogP contribution in [0.2, 0.25) is 0 Å². The Kier molecular flexibility index (Phi) is 7.29. The van der Waals surface area contributed by atoms with Gasteiger partial charge in [0.25, 0.3) is 0 Å². The average molecular weight is 443 g/mol. The minimum Gasteiger partial charge on any atom is -0.462 e. The fourth-order valence-corrected chi connectivity index (χ4v) is 3.72. The predicted octanol–water partition coefficient (Wildman–Crippen LogP) is 1.66. The van der Waals surface area contributed by atoms with E-state index >= 15 is 0 Å². The third kappa shape index (κ3) is 5.54. The van der Waals surface area contributed by atoms with Gasteiger partial charge in [-0.05, 0) is 11.6 Å². The molecular formula is C23H25NO8. The molecule has 0 amide bonds. The molecule has 0 aromatic heterocycles. The van der Waals surface area contributed by atoms with E-state index < -0.39 is 42.1 Å². The fourth-order valence-electron chi connectivity index (χ4n) is 3.72. The van der Waals surface area contributed by atoms with Gasteiger partial charge in [-0.15, -0.1) is 0 Å². The summed E-state index contributed by atoms with van der Waals surface area (Å²) in [6.45, 7) is 3.84. The van der Waals surface area contributed by atoms with Crippen LogP contribution in [-0.2, 0) is 44.7 Å². The SMILES string of the molecule is CC(=O)OC[C@@H](OC(C)=O)[C@@H](OC(C)=O)[C@@H]1C=CC2=C(COC2=O)N1Cc1ccccc1. The number of nitrogens with zero attached hydrogens (tertiary/aromatic N) is 1. The van der Waals surface area contributed by atoms with Crippen LogP contribution in [0.3, 0.4) is 0 Å². The molecule has 3 rings (SSSR count). The Morgan fingerprint density at radius 1 is 1.06 bits per heavy atom. The molecule has 2 heterocycles. The first-order chi connectivity index (χ1) is 15.3. The van der Waals surface area contributed by atoms with Gasteiger partial charge >= 0.3 is 23.9 Å². The van der Waals surface area contributed by atoms with Gasteiger partial charge in [0.15, 0.2) is 12.2 Å². The van der Waals surface area contributed by atoms with Crippen LogP contribution in [0.15, 0.2) is 53.8 Å². The smallest absolute Gasteiger partial charge is 0.340 e. The summed E-state index contributed by atoms with van der Waals surface area (Å²) in [7, 11) is 0. The minimum atomic E-state index is -1.06. The van der Waals surface area contributed by atoms with Crippen molar-refractivity contribution in [3.63, 3.8) is 0 Å². The van der Waals surface area contributed by atoms with Gasteiger partial charge in [-0.25, -0.2) is 4.79 Å². The molecule has 0 spiro atoms. The molecule has 3 atom stereocenters. The topological polar surface area (TPSA) is 108 Å². The van der Waals surface area contributed by atoms with Crippen LogP contribution < -0.4 is 0 Å². The molecule has 0 saturated heterocycles. The zero-order valence-corrected chi connectivity index (χ0v) is 18.1. The van der Waals surface area contributed by atoms with Crippen LogP contribution in [0.1, 0.15) is 26.3 Å². The maximum absolute atomic E-state index is 12.1. The van der Waals surface area contributed by atoms with E-state index in [0.717, 1.165) is 5.56 Å². The zero-order chi connectivity index (χ0) is 23.3. The van der Waals surface area contributed by atoms with E-state index in [1.807, 2.05) is 35.2 Å². The van der Waals surface area contributed by atoms with E-state index in [2.05, 4.69) is 0 Å². The molecule has 0 saturated carbocycles. The maximum Gasteiger partial charge on any atom is 0.340 e. The molecule has 2 aliphatic heterocycles. The summed E-state index contributed by atoms with van der Waals surface area (Å²) >= 11 is 0. The summed E-state index contributed by atoms with van der Waals surface area (Å²) in [4.78, 5) is 49.1. The third-order valence-corrected chi connectivity index (χ3v) is 5.01. The summed E-state index contributed by atoms with van der Waals surface area (Å²) in [6, 6.07) is 8.91. The first-order valence-electron chi connectivity index (χ1n) is 10.1.